The molecule has 0 saturated heterocycles. The molecule has 0 radical (unpaired) electrons. The summed E-state index contributed by atoms with van der Waals surface area (Å²) in [4.78, 5) is 29.0. The van der Waals surface area contributed by atoms with Crippen LogP contribution in [0, 0.1) is 0 Å². The first-order valence-corrected chi connectivity index (χ1v) is 12.1. The van der Waals surface area contributed by atoms with Gasteiger partial charge >= 0.3 is 18.2 Å². The second-order valence-electron chi connectivity index (χ2n) is 8.39. The van der Waals surface area contributed by atoms with Gasteiger partial charge in [0.05, 0.1) is 44.0 Å². The van der Waals surface area contributed by atoms with Gasteiger partial charge in [0, 0.05) is 11.8 Å². The zero-order valence-electron chi connectivity index (χ0n) is 21.4. The Balaban J connectivity index is 1.98. The van der Waals surface area contributed by atoms with Crippen LogP contribution in [0.15, 0.2) is 60.8 Å². The predicted molar refractivity (Wildman–Crippen MR) is 136 cm³/mol. The summed E-state index contributed by atoms with van der Waals surface area (Å²) >= 11 is 0. The van der Waals surface area contributed by atoms with E-state index >= 15 is 0 Å². The number of alkyl halides is 3. The van der Waals surface area contributed by atoms with Crippen LogP contribution in [0.25, 0.3) is 11.1 Å². The number of hydrogen-bond acceptors (Lipinski definition) is 5. The van der Waals surface area contributed by atoms with Gasteiger partial charge in [0.25, 0.3) is 0 Å². The van der Waals surface area contributed by atoms with E-state index in [-0.39, 0.29) is 24.5 Å². The van der Waals surface area contributed by atoms with Gasteiger partial charge in [-0.1, -0.05) is 37.3 Å². The van der Waals surface area contributed by atoms with Gasteiger partial charge in [-0.05, 0) is 54.3 Å². The van der Waals surface area contributed by atoms with Gasteiger partial charge < -0.3 is 20.1 Å². The highest BCUT2D eigenvalue weighted by Gasteiger charge is 2.35. The first-order valence-electron chi connectivity index (χ1n) is 12.1. The number of halogens is 3. The third-order valence-corrected chi connectivity index (χ3v) is 5.87. The van der Waals surface area contributed by atoms with Gasteiger partial charge in [-0.3, -0.25) is 9.78 Å². The zero-order valence-corrected chi connectivity index (χ0v) is 21.4. The summed E-state index contributed by atoms with van der Waals surface area (Å²) in [7, 11) is 1.28. The van der Waals surface area contributed by atoms with Crippen LogP contribution in [0.5, 0.6) is 5.75 Å². The maximum atomic E-state index is 13.9. The molecule has 2 aromatic carbocycles. The van der Waals surface area contributed by atoms with Gasteiger partial charge in [-0.15, -0.1) is 0 Å². The van der Waals surface area contributed by atoms with Gasteiger partial charge in [-0.2, -0.15) is 13.2 Å². The normalized spacial score (nSPS) is 11.9. The topological polar surface area (TPSA) is 89.5 Å². The van der Waals surface area contributed by atoms with Crippen molar-refractivity contribution in [3.05, 3.63) is 83.2 Å². The summed E-state index contributed by atoms with van der Waals surface area (Å²) in [6.07, 6.45) is -3.11. The summed E-state index contributed by atoms with van der Waals surface area (Å²) < 4.78 is 51.9. The Hall–Kier alpha value is -4.08. The maximum absolute atomic E-state index is 13.9. The molecule has 0 fully saturated rings. The highest BCUT2D eigenvalue weighted by Crippen LogP contribution is 2.42. The van der Waals surface area contributed by atoms with E-state index in [0.29, 0.717) is 28.8 Å². The molecular formula is C28H30F3N3O4. The number of carbonyl (C=O) groups is 2. The highest BCUT2D eigenvalue weighted by molar-refractivity contribution is 5.80. The third kappa shape index (κ3) is 7.24. The number of rotatable bonds is 10. The Kier molecular flexibility index (Phi) is 9.70. The zero-order chi connectivity index (χ0) is 27.7. The molecule has 3 rings (SSSR count). The van der Waals surface area contributed by atoms with Gasteiger partial charge in [0.1, 0.15) is 5.75 Å². The van der Waals surface area contributed by atoms with Crippen molar-refractivity contribution < 1.29 is 32.2 Å². The number of hydrogen-bond donors (Lipinski definition) is 2. The highest BCUT2D eigenvalue weighted by atomic mass is 19.4. The number of esters is 1. The largest absolute Gasteiger partial charge is 0.496 e. The molecule has 1 aromatic heterocycles. The van der Waals surface area contributed by atoms with Crippen molar-refractivity contribution in [2.75, 3.05) is 13.7 Å². The lowest BCUT2D eigenvalue weighted by Crippen LogP contribution is -2.37. The Morgan fingerprint density at radius 2 is 1.76 bits per heavy atom. The number of amides is 2. The fourth-order valence-electron chi connectivity index (χ4n) is 4.11. The summed E-state index contributed by atoms with van der Waals surface area (Å²) in [5.74, 6) is -0.771. The van der Waals surface area contributed by atoms with E-state index in [1.165, 1.54) is 13.2 Å². The standard InChI is InChI=1S/C28H30F3N3O4/c1-4-24(34-27(36)33-17-19-10-8-9-13-32-19)21-12-7-6-11-20(21)22-14-18(15-26(35)38-5-2)23(28(29,30)31)16-25(22)37-3/h6-14,16,24H,4-5,15,17H2,1-3H3,(H2,33,34,36). The molecule has 0 saturated carbocycles. The fraction of sp³-hybridized carbons (Fsp3) is 0.321. The van der Waals surface area contributed by atoms with Crippen LogP contribution in [0.4, 0.5) is 18.0 Å². The average molecular weight is 530 g/mol. The van der Waals surface area contributed by atoms with Crippen molar-refractivity contribution in [2.24, 2.45) is 0 Å². The number of nitrogens with one attached hydrogen (secondary N) is 2. The molecule has 7 nitrogen and oxygen atoms in total. The first-order chi connectivity index (χ1) is 18.2. The first kappa shape index (κ1) is 28.5. The second kappa shape index (κ2) is 12.9. The van der Waals surface area contributed by atoms with Crippen molar-refractivity contribution in [3.8, 4) is 16.9 Å². The van der Waals surface area contributed by atoms with Crippen LogP contribution >= 0.6 is 0 Å². The lowest BCUT2D eigenvalue weighted by molar-refractivity contribution is -0.143. The van der Waals surface area contributed by atoms with Crippen LogP contribution < -0.4 is 15.4 Å². The number of urea groups is 1. The van der Waals surface area contributed by atoms with Crippen LogP contribution in [-0.4, -0.2) is 30.7 Å². The summed E-state index contributed by atoms with van der Waals surface area (Å²) in [6, 6.07) is 13.8. The minimum atomic E-state index is -4.70. The molecule has 2 amide bonds. The number of carbonyl (C=O) groups excluding carboxylic acids is 2. The Labute approximate surface area is 219 Å². The van der Waals surface area contributed by atoms with Gasteiger partial charge in [0.15, 0.2) is 0 Å². The molecule has 1 unspecified atom stereocenters. The summed E-state index contributed by atoms with van der Waals surface area (Å²) in [5.41, 5.74) is 1.12. The molecule has 2 N–H and O–H groups in total. The molecule has 0 bridgehead atoms. The Morgan fingerprint density at radius 3 is 2.39 bits per heavy atom. The molecular weight excluding hydrogens is 499 g/mol. The SMILES string of the molecule is CCOC(=O)Cc1cc(-c2ccccc2C(CC)NC(=O)NCc2ccccn2)c(OC)cc1C(F)(F)F. The maximum Gasteiger partial charge on any atom is 0.416 e. The molecule has 38 heavy (non-hydrogen) atoms. The van der Waals surface area contributed by atoms with E-state index in [2.05, 4.69) is 15.6 Å². The fourth-order valence-corrected chi connectivity index (χ4v) is 4.11. The molecule has 202 valence electrons. The molecule has 1 atom stereocenters. The van der Waals surface area contributed by atoms with Crippen LogP contribution in [0.2, 0.25) is 0 Å². The van der Waals surface area contributed by atoms with E-state index in [9.17, 15) is 22.8 Å². The van der Waals surface area contributed by atoms with E-state index in [1.807, 2.05) is 13.0 Å². The number of pyridine rings is 1. The molecule has 10 heteroatoms. The van der Waals surface area contributed by atoms with E-state index < -0.39 is 36.2 Å². The average Bonchev–Trinajstić information content (AvgIpc) is 2.90. The van der Waals surface area contributed by atoms with Gasteiger partial charge in [-0.25, -0.2) is 4.79 Å². The molecule has 0 aliphatic heterocycles. The number of benzene rings is 2. The van der Waals surface area contributed by atoms with Crippen molar-refractivity contribution in [1.29, 1.82) is 0 Å². The molecule has 3 aromatic rings. The van der Waals surface area contributed by atoms with Crippen LogP contribution in [-0.2, 0) is 28.7 Å². The van der Waals surface area contributed by atoms with Crippen molar-refractivity contribution in [1.82, 2.24) is 15.6 Å². The Morgan fingerprint density at radius 1 is 1.03 bits per heavy atom. The smallest absolute Gasteiger partial charge is 0.416 e. The van der Waals surface area contributed by atoms with Crippen molar-refractivity contribution in [2.45, 2.75) is 45.5 Å². The van der Waals surface area contributed by atoms with Crippen LogP contribution in [0.1, 0.15) is 48.7 Å². The quantitative estimate of drug-likeness (QED) is 0.323. The Bertz CT molecular complexity index is 1250. The minimum Gasteiger partial charge on any atom is -0.496 e. The number of nitrogens with zero attached hydrogens (tertiary/aromatic N) is 1. The minimum absolute atomic E-state index is 0.00756. The van der Waals surface area contributed by atoms with Crippen molar-refractivity contribution >= 4 is 12.0 Å². The van der Waals surface area contributed by atoms with Gasteiger partial charge in [0.2, 0.25) is 0 Å². The van der Waals surface area contributed by atoms with E-state index in [0.717, 1.165) is 6.07 Å². The molecule has 1 heterocycles. The lowest BCUT2D eigenvalue weighted by Gasteiger charge is -2.23. The number of ether oxygens (including phenoxy) is 2. The summed E-state index contributed by atoms with van der Waals surface area (Å²) in [5, 5.41) is 5.70. The summed E-state index contributed by atoms with van der Waals surface area (Å²) in [6.45, 7) is 3.76. The van der Waals surface area contributed by atoms with Crippen molar-refractivity contribution in [3.63, 3.8) is 0 Å². The number of aromatic nitrogens is 1. The van der Waals surface area contributed by atoms with E-state index in [4.69, 9.17) is 9.47 Å². The van der Waals surface area contributed by atoms with Crippen LogP contribution in [0.3, 0.4) is 0 Å². The molecule has 0 aliphatic carbocycles. The third-order valence-electron chi connectivity index (χ3n) is 5.87. The monoisotopic (exact) mass is 529 g/mol. The lowest BCUT2D eigenvalue weighted by atomic mass is 9.90. The molecule has 0 aliphatic rings. The molecule has 0 spiro atoms. The predicted octanol–water partition coefficient (Wildman–Crippen LogP) is 5.83. The van der Waals surface area contributed by atoms with E-state index in [1.54, 1.807) is 49.5 Å². The number of methoxy groups -OCH3 is 1. The second-order valence-corrected chi connectivity index (χ2v) is 8.39.